The molecule has 0 aromatic carbocycles. The highest BCUT2D eigenvalue weighted by Gasteiger charge is 2.31. The first kappa shape index (κ1) is 19.4. The fraction of sp³-hybridized carbons (Fsp3) is 0.833. The smallest absolute Gasteiger partial charge is 0.198 e. The minimum atomic E-state index is -0.0360. The van der Waals surface area contributed by atoms with E-state index in [9.17, 15) is 0 Å². The van der Waals surface area contributed by atoms with Crippen LogP contribution < -0.4 is 11.3 Å². The van der Waals surface area contributed by atoms with Crippen LogP contribution in [0.4, 0.5) is 0 Å². The molecule has 0 saturated heterocycles. The Kier molecular flexibility index (Phi) is 8.97. The molecule has 0 bridgehead atoms. The summed E-state index contributed by atoms with van der Waals surface area (Å²) in [5.41, 5.74) is 0.563. The second kappa shape index (κ2) is 10.2. The Bertz CT molecular complexity index is 400. The second-order valence-electron chi connectivity index (χ2n) is 6.80. The zero-order valence-electron chi connectivity index (χ0n) is 14.8. The lowest BCUT2D eigenvalue weighted by atomic mass is 9.79. The van der Waals surface area contributed by atoms with Gasteiger partial charge >= 0.3 is 0 Å². The van der Waals surface area contributed by atoms with Crippen molar-refractivity contribution < 1.29 is 4.42 Å². The lowest BCUT2D eigenvalue weighted by Gasteiger charge is -2.26. The van der Waals surface area contributed by atoms with Crippen molar-refractivity contribution in [3.8, 4) is 0 Å². The van der Waals surface area contributed by atoms with Gasteiger partial charge in [-0.15, -0.1) is 0 Å². The Hall–Kier alpha value is -0.660. The zero-order valence-corrected chi connectivity index (χ0v) is 14.8. The third-order valence-electron chi connectivity index (χ3n) is 4.61. The van der Waals surface area contributed by atoms with Gasteiger partial charge in [-0.3, -0.25) is 0 Å². The van der Waals surface area contributed by atoms with Crippen LogP contribution in [-0.4, -0.2) is 20.7 Å². The Morgan fingerprint density at radius 2 is 1.36 bits per heavy atom. The van der Waals surface area contributed by atoms with Crippen LogP contribution in [0.25, 0.3) is 0 Å². The number of nitrogens with zero attached hydrogens (tertiary/aromatic N) is 1. The lowest BCUT2D eigenvalue weighted by molar-refractivity contribution is 0.292. The summed E-state index contributed by atoms with van der Waals surface area (Å²) in [6, 6.07) is 0. The Balaban J connectivity index is 2.62. The molecule has 1 heterocycles. The predicted molar refractivity (Wildman–Crippen MR) is 96.8 cm³/mol. The third-order valence-corrected chi connectivity index (χ3v) is 4.61. The standard InChI is InChI=1S/C18H31B2NO/c1-4-6-8-10-12-14-18(3,13-11-9-7-5-2)17-21-15(19)16(20)22-17/h4-14H2,1-3H3. The van der Waals surface area contributed by atoms with Crippen molar-refractivity contribution in [3.63, 3.8) is 0 Å². The van der Waals surface area contributed by atoms with Crippen molar-refractivity contribution >= 4 is 26.9 Å². The number of hydrogen-bond donors (Lipinski definition) is 0. The molecule has 1 unspecified atom stereocenters. The maximum absolute atomic E-state index is 5.78. The fourth-order valence-electron chi connectivity index (χ4n) is 3.00. The molecule has 2 nitrogen and oxygen atoms in total. The van der Waals surface area contributed by atoms with Gasteiger partial charge in [0.15, 0.2) is 13.7 Å². The summed E-state index contributed by atoms with van der Waals surface area (Å²) in [6.07, 6.45) is 13.6. The van der Waals surface area contributed by atoms with Crippen molar-refractivity contribution in [2.24, 2.45) is 0 Å². The van der Waals surface area contributed by atoms with Gasteiger partial charge in [0, 0.05) is 11.0 Å². The van der Waals surface area contributed by atoms with Crippen molar-refractivity contribution in [1.82, 2.24) is 4.98 Å². The first-order valence-electron chi connectivity index (χ1n) is 9.05. The summed E-state index contributed by atoms with van der Waals surface area (Å²) in [5.74, 6) is 0.731. The van der Waals surface area contributed by atoms with Crippen LogP contribution in [0.1, 0.15) is 97.3 Å². The summed E-state index contributed by atoms with van der Waals surface area (Å²) in [6.45, 7) is 6.74. The third kappa shape index (κ3) is 6.22. The first-order chi connectivity index (χ1) is 10.5. The van der Waals surface area contributed by atoms with E-state index in [4.69, 9.17) is 20.1 Å². The van der Waals surface area contributed by atoms with E-state index in [1.54, 1.807) is 0 Å². The van der Waals surface area contributed by atoms with E-state index in [-0.39, 0.29) is 11.1 Å². The molecule has 4 radical (unpaired) electrons. The summed E-state index contributed by atoms with van der Waals surface area (Å²) in [5, 5.41) is 0. The molecule has 1 rings (SSSR count). The van der Waals surface area contributed by atoms with Crippen LogP contribution in [0.3, 0.4) is 0 Å². The number of rotatable bonds is 12. The van der Waals surface area contributed by atoms with E-state index in [2.05, 4.69) is 25.8 Å². The molecular weight excluding hydrogens is 268 g/mol. The molecule has 0 N–H and O–H groups in total. The van der Waals surface area contributed by atoms with Crippen LogP contribution in [0.2, 0.25) is 0 Å². The van der Waals surface area contributed by atoms with Crippen LogP contribution in [0, 0.1) is 0 Å². The highest BCUT2D eigenvalue weighted by Crippen LogP contribution is 2.34. The molecule has 0 aliphatic heterocycles. The average Bonchev–Trinajstić information content (AvgIpc) is 2.84. The molecule has 0 spiro atoms. The van der Waals surface area contributed by atoms with Gasteiger partial charge in [-0.25, -0.2) is 4.98 Å². The molecule has 0 amide bonds. The van der Waals surface area contributed by atoms with Crippen LogP contribution in [0.5, 0.6) is 0 Å². The molecule has 1 aromatic rings. The molecule has 0 fully saturated rings. The quantitative estimate of drug-likeness (QED) is 0.433. The van der Waals surface area contributed by atoms with Crippen LogP contribution in [0.15, 0.2) is 4.42 Å². The van der Waals surface area contributed by atoms with Crippen LogP contribution in [-0.2, 0) is 5.41 Å². The molecule has 0 aliphatic carbocycles. The topological polar surface area (TPSA) is 26.0 Å². The summed E-state index contributed by atoms with van der Waals surface area (Å²) < 4.78 is 5.66. The Morgan fingerprint density at radius 3 is 1.82 bits per heavy atom. The molecule has 0 aliphatic rings. The van der Waals surface area contributed by atoms with Gasteiger partial charge in [-0.2, -0.15) is 0 Å². The molecule has 1 aromatic heterocycles. The monoisotopic (exact) mass is 299 g/mol. The van der Waals surface area contributed by atoms with Crippen LogP contribution >= 0.6 is 0 Å². The molecule has 4 heteroatoms. The van der Waals surface area contributed by atoms with E-state index < -0.39 is 0 Å². The molecule has 22 heavy (non-hydrogen) atoms. The zero-order chi connectivity index (χ0) is 16.4. The van der Waals surface area contributed by atoms with Gasteiger partial charge in [0.2, 0.25) is 0 Å². The SMILES string of the molecule is [B]c1nc(C(C)(CCCCCC)CCCCCCC)oc1[B]. The minimum Gasteiger partial charge on any atom is -0.458 e. The van der Waals surface area contributed by atoms with Crippen molar-refractivity contribution in [2.45, 2.75) is 96.8 Å². The van der Waals surface area contributed by atoms with Gasteiger partial charge in [-0.1, -0.05) is 78.6 Å². The Labute approximate surface area is 139 Å². The van der Waals surface area contributed by atoms with E-state index in [0.717, 1.165) is 18.7 Å². The van der Waals surface area contributed by atoms with Gasteiger partial charge in [0.05, 0.1) is 5.66 Å². The number of hydrogen-bond acceptors (Lipinski definition) is 2. The normalized spacial score (nSPS) is 14.1. The summed E-state index contributed by atoms with van der Waals surface area (Å²) >= 11 is 0. The van der Waals surface area contributed by atoms with Gasteiger partial charge < -0.3 is 4.42 Å². The van der Waals surface area contributed by atoms with Crippen molar-refractivity contribution in [1.29, 1.82) is 0 Å². The fourth-order valence-corrected chi connectivity index (χ4v) is 3.00. The lowest BCUT2D eigenvalue weighted by Crippen LogP contribution is -2.24. The maximum atomic E-state index is 5.78. The molecule has 1 atom stereocenters. The number of aromatic nitrogens is 1. The predicted octanol–water partition coefficient (Wildman–Crippen LogP) is 3.85. The molecule has 120 valence electrons. The van der Waals surface area contributed by atoms with Gasteiger partial charge in [0.1, 0.15) is 7.85 Å². The molecular formula is C18H31B2NO. The first-order valence-corrected chi connectivity index (χ1v) is 9.05. The molecule has 0 saturated carbocycles. The maximum Gasteiger partial charge on any atom is 0.198 e. The average molecular weight is 299 g/mol. The number of unbranched alkanes of at least 4 members (excludes halogenated alkanes) is 7. The highest BCUT2D eigenvalue weighted by atomic mass is 16.4. The summed E-state index contributed by atoms with van der Waals surface area (Å²) in [7, 11) is 11.5. The van der Waals surface area contributed by atoms with Crippen molar-refractivity contribution in [3.05, 3.63) is 5.89 Å². The largest absolute Gasteiger partial charge is 0.458 e. The highest BCUT2D eigenvalue weighted by molar-refractivity contribution is 6.45. The number of oxazole rings is 1. The van der Waals surface area contributed by atoms with E-state index in [1.165, 1.54) is 57.8 Å². The minimum absolute atomic E-state index is 0.0360. The second-order valence-corrected chi connectivity index (χ2v) is 6.80. The summed E-state index contributed by atoms with van der Waals surface area (Å²) in [4.78, 5) is 4.38. The Morgan fingerprint density at radius 1 is 0.864 bits per heavy atom. The van der Waals surface area contributed by atoms with E-state index >= 15 is 0 Å². The van der Waals surface area contributed by atoms with Gasteiger partial charge in [0.25, 0.3) is 0 Å². The van der Waals surface area contributed by atoms with E-state index in [1.807, 2.05) is 0 Å². The van der Waals surface area contributed by atoms with E-state index in [0.29, 0.717) is 5.59 Å². The van der Waals surface area contributed by atoms with Crippen molar-refractivity contribution in [2.75, 3.05) is 0 Å². The van der Waals surface area contributed by atoms with Gasteiger partial charge in [-0.05, 0) is 12.8 Å².